The number of unbranched alkanes of at least 4 members (excludes halogenated alkanes) is 12. The Labute approximate surface area is 224 Å². The Morgan fingerprint density at radius 2 is 1.35 bits per heavy atom. The molecule has 1 heterocycles. The van der Waals surface area contributed by atoms with Gasteiger partial charge >= 0.3 is 5.97 Å². The van der Waals surface area contributed by atoms with E-state index in [2.05, 4.69) is 6.92 Å². The first-order chi connectivity index (χ1) is 18.0. The molecule has 0 aromatic carbocycles. The van der Waals surface area contributed by atoms with Gasteiger partial charge in [0.15, 0.2) is 6.10 Å². The maximum atomic E-state index is 11.9. The van der Waals surface area contributed by atoms with Gasteiger partial charge in [0.25, 0.3) is 0 Å². The van der Waals surface area contributed by atoms with E-state index in [-0.39, 0.29) is 19.2 Å². The van der Waals surface area contributed by atoms with Crippen molar-refractivity contribution >= 4 is 5.97 Å². The molecule has 1 rings (SSSR count). The second-order valence-electron chi connectivity index (χ2n) is 9.59. The van der Waals surface area contributed by atoms with Gasteiger partial charge in [-0.05, 0) is 13.3 Å². The molecule has 1 aliphatic rings. The topological polar surface area (TPSA) is 135 Å². The smallest absolute Gasteiger partial charge is 0.306 e. The lowest BCUT2D eigenvalue weighted by atomic mass is 10.0. The molecule has 0 spiro atoms. The third-order valence-corrected chi connectivity index (χ3v) is 6.32. The molecule has 1 saturated heterocycles. The standard InChI is InChI=1S/C22H42O6.C6H14O3/c1-2-3-4-5-6-7-8-9-10-11-12-13-14-15-20(25)28-19(16-23)22-21(26)18(24)17-27-22;1-2-8-5-6-9-4-3-7/h18-19,21-24,26H,2-17H2,1H3;7H,2-6H2,1H3/t18-,19+,21+,22+;/m0./s1. The zero-order valence-corrected chi connectivity index (χ0v) is 23.5. The summed E-state index contributed by atoms with van der Waals surface area (Å²) in [6, 6.07) is 0. The molecule has 0 unspecified atom stereocenters. The van der Waals surface area contributed by atoms with Gasteiger partial charge in [0.2, 0.25) is 0 Å². The summed E-state index contributed by atoms with van der Waals surface area (Å²) in [5.74, 6) is -0.390. The molecule has 0 saturated carbocycles. The lowest BCUT2D eigenvalue weighted by Gasteiger charge is -2.24. The van der Waals surface area contributed by atoms with Gasteiger partial charge in [-0.3, -0.25) is 4.79 Å². The fourth-order valence-corrected chi connectivity index (χ4v) is 4.10. The Kier molecular flexibility index (Phi) is 26.2. The zero-order valence-electron chi connectivity index (χ0n) is 23.5. The van der Waals surface area contributed by atoms with E-state index >= 15 is 0 Å². The fourth-order valence-electron chi connectivity index (χ4n) is 4.10. The van der Waals surface area contributed by atoms with Gasteiger partial charge in [0.1, 0.15) is 18.3 Å². The zero-order chi connectivity index (χ0) is 27.6. The van der Waals surface area contributed by atoms with Gasteiger partial charge < -0.3 is 39.4 Å². The molecule has 0 bridgehead atoms. The van der Waals surface area contributed by atoms with E-state index in [1.165, 1.54) is 64.2 Å². The van der Waals surface area contributed by atoms with E-state index in [1.54, 1.807) is 0 Å². The van der Waals surface area contributed by atoms with Crippen LogP contribution in [0.25, 0.3) is 0 Å². The summed E-state index contributed by atoms with van der Waals surface area (Å²) in [5.41, 5.74) is 0. The van der Waals surface area contributed by atoms with E-state index in [0.29, 0.717) is 26.2 Å². The first-order valence-electron chi connectivity index (χ1n) is 14.6. The van der Waals surface area contributed by atoms with Crippen LogP contribution in [0, 0.1) is 0 Å². The average Bonchev–Trinajstić information content (AvgIpc) is 3.23. The molecule has 1 aliphatic heterocycles. The number of hydrogen-bond donors (Lipinski definition) is 4. The minimum Gasteiger partial charge on any atom is -0.457 e. The second-order valence-corrected chi connectivity index (χ2v) is 9.59. The van der Waals surface area contributed by atoms with Crippen molar-refractivity contribution in [1.29, 1.82) is 0 Å². The number of carbonyl (C=O) groups is 1. The normalized spacial score (nSPS) is 19.9. The molecule has 37 heavy (non-hydrogen) atoms. The van der Waals surface area contributed by atoms with Crippen LogP contribution in [0.2, 0.25) is 0 Å². The van der Waals surface area contributed by atoms with E-state index in [1.807, 2.05) is 6.92 Å². The van der Waals surface area contributed by atoms with E-state index in [4.69, 9.17) is 24.1 Å². The van der Waals surface area contributed by atoms with E-state index in [0.717, 1.165) is 25.9 Å². The molecule has 1 fully saturated rings. The molecule has 222 valence electrons. The predicted molar refractivity (Wildman–Crippen MR) is 143 cm³/mol. The van der Waals surface area contributed by atoms with Crippen molar-refractivity contribution < 1.29 is 44.2 Å². The third kappa shape index (κ3) is 20.8. The van der Waals surface area contributed by atoms with Crippen molar-refractivity contribution in [2.75, 3.05) is 46.2 Å². The van der Waals surface area contributed by atoms with Crippen LogP contribution in [-0.2, 0) is 23.7 Å². The van der Waals surface area contributed by atoms with Crippen LogP contribution >= 0.6 is 0 Å². The van der Waals surface area contributed by atoms with Crippen LogP contribution in [-0.4, -0.2) is 97.1 Å². The summed E-state index contributed by atoms with van der Waals surface area (Å²) >= 11 is 0. The number of rotatable bonds is 23. The first-order valence-corrected chi connectivity index (χ1v) is 14.6. The summed E-state index contributed by atoms with van der Waals surface area (Å²) in [6.07, 6.45) is 12.6. The van der Waals surface area contributed by atoms with Gasteiger partial charge in [-0.2, -0.15) is 0 Å². The maximum absolute atomic E-state index is 11.9. The van der Waals surface area contributed by atoms with Crippen LogP contribution in [0.1, 0.15) is 104 Å². The quantitative estimate of drug-likeness (QED) is 0.114. The summed E-state index contributed by atoms with van der Waals surface area (Å²) in [6.45, 7) is 6.16. The van der Waals surface area contributed by atoms with E-state index in [9.17, 15) is 20.1 Å². The monoisotopic (exact) mass is 536 g/mol. The first kappa shape index (κ1) is 36.2. The number of hydrogen-bond acceptors (Lipinski definition) is 9. The lowest BCUT2D eigenvalue weighted by Crippen LogP contribution is -2.43. The van der Waals surface area contributed by atoms with Crippen LogP contribution in [0.5, 0.6) is 0 Å². The van der Waals surface area contributed by atoms with Crippen LogP contribution in [0.4, 0.5) is 0 Å². The van der Waals surface area contributed by atoms with Crippen molar-refractivity contribution in [3.8, 4) is 0 Å². The van der Waals surface area contributed by atoms with Crippen molar-refractivity contribution in [2.24, 2.45) is 0 Å². The molecule has 0 aromatic heterocycles. The lowest BCUT2D eigenvalue weighted by molar-refractivity contribution is -0.162. The van der Waals surface area contributed by atoms with E-state index < -0.39 is 31.0 Å². The highest BCUT2D eigenvalue weighted by Crippen LogP contribution is 2.20. The van der Waals surface area contributed by atoms with Crippen molar-refractivity contribution in [3.05, 3.63) is 0 Å². The molecule has 0 aromatic rings. The van der Waals surface area contributed by atoms with Crippen LogP contribution in [0.3, 0.4) is 0 Å². The van der Waals surface area contributed by atoms with Crippen molar-refractivity contribution in [2.45, 2.75) is 128 Å². The van der Waals surface area contributed by atoms with Gasteiger partial charge in [-0.1, -0.05) is 84.0 Å². The Hall–Kier alpha value is -0.810. The number of aliphatic hydroxyl groups excluding tert-OH is 4. The molecular weight excluding hydrogens is 480 g/mol. The molecule has 4 N–H and O–H groups in total. The van der Waals surface area contributed by atoms with Gasteiger partial charge in [0.05, 0.1) is 39.6 Å². The Morgan fingerprint density at radius 3 is 1.81 bits per heavy atom. The molecule has 0 aliphatic carbocycles. The highest BCUT2D eigenvalue weighted by molar-refractivity contribution is 5.69. The minimum atomic E-state index is -1.14. The molecule has 0 radical (unpaired) electrons. The summed E-state index contributed by atoms with van der Waals surface area (Å²) in [7, 11) is 0. The molecule has 4 atom stereocenters. The number of ether oxygens (including phenoxy) is 4. The van der Waals surface area contributed by atoms with Gasteiger partial charge in [-0.25, -0.2) is 0 Å². The average molecular weight is 537 g/mol. The van der Waals surface area contributed by atoms with Crippen molar-refractivity contribution in [1.82, 2.24) is 0 Å². The molecule has 0 amide bonds. The Bertz CT molecular complexity index is 486. The summed E-state index contributed by atoms with van der Waals surface area (Å²) in [4.78, 5) is 11.9. The SMILES string of the molecule is CCCCCCCCCCCCCCCC(=O)O[C@H](CO)[C@H]1OC[C@H](O)[C@H]1O.CCOCCOCCO. The van der Waals surface area contributed by atoms with Gasteiger partial charge in [0, 0.05) is 13.0 Å². The maximum Gasteiger partial charge on any atom is 0.306 e. The molecule has 9 nitrogen and oxygen atoms in total. The minimum absolute atomic E-state index is 0.0151. The largest absolute Gasteiger partial charge is 0.457 e. The number of esters is 1. The van der Waals surface area contributed by atoms with Crippen molar-refractivity contribution in [3.63, 3.8) is 0 Å². The highest BCUT2D eigenvalue weighted by Gasteiger charge is 2.41. The molecular formula is C28H56O9. The number of aliphatic hydroxyl groups is 4. The van der Waals surface area contributed by atoms with Crippen LogP contribution in [0.15, 0.2) is 0 Å². The van der Waals surface area contributed by atoms with Gasteiger partial charge in [-0.15, -0.1) is 0 Å². The second kappa shape index (κ2) is 26.8. The number of carbonyl (C=O) groups excluding carboxylic acids is 1. The predicted octanol–water partition coefficient (Wildman–Crippen LogP) is 3.52. The highest BCUT2D eigenvalue weighted by atomic mass is 16.6. The third-order valence-electron chi connectivity index (χ3n) is 6.32. The molecule has 9 heteroatoms. The summed E-state index contributed by atoms with van der Waals surface area (Å²) < 4.78 is 20.3. The Morgan fingerprint density at radius 1 is 0.811 bits per heavy atom. The summed E-state index contributed by atoms with van der Waals surface area (Å²) in [5, 5.41) is 36.9. The fraction of sp³-hybridized carbons (Fsp3) is 0.964. The van der Waals surface area contributed by atoms with Crippen LogP contribution < -0.4 is 0 Å². The Balaban J connectivity index is 0.00000122.